The summed E-state index contributed by atoms with van der Waals surface area (Å²) in [5.74, 6) is -0.169. The van der Waals surface area contributed by atoms with Crippen molar-refractivity contribution < 1.29 is 9.90 Å². The molecule has 1 amide bonds. The molecule has 2 aromatic rings. The van der Waals surface area contributed by atoms with Gasteiger partial charge in [0, 0.05) is 29.0 Å². The molecule has 5 heteroatoms. The van der Waals surface area contributed by atoms with Gasteiger partial charge < -0.3 is 15.0 Å². The predicted molar refractivity (Wildman–Crippen MR) is 93.0 cm³/mol. The molecule has 0 saturated carbocycles. The first-order valence-corrected chi connectivity index (χ1v) is 8.09. The highest BCUT2D eigenvalue weighted by atomic mass is 35.5. The number of nitrogens with zero attached hydrogens (tertiary/aromatic N) is 1. The number of aliphatic hydroxyl groups excluding tert-OH is 1. The molecular weight excluding hydrogens is 312 g/mol. The number of benzene rings is 1. The van der Waals surface area contributed by atoms with Crippen LogP contribution < -0.4 is 5.32 Å². The third-order valence-corrected chi connectivity index (χ3v) is 4.21. The number of halogens is 1. The topological polar surface area (TPSA) is 54.3 Å². The molecule has 0 aliphatic heterocycles. The standard InChI is InChI=1S/C18H23ClN2O2/c1-11(2)21-12(3)9-16(13(21)4)18(23)20-10-17(22)14-5-7-15(19)8-6-14/h5-9,11,17,22H,10H2,1-4H3,(H,20,23). The zero-order chi connectivity index (χ0) is 17.1. The number of nitrogens with one attached hydrogen (secondary N) is 1. The third kappa shape index (κ3) is 3.95. The quantitative estimate of drug-likeness (QED) is 0.873. The summed E-state index contributed by atoms with van der Waals surface area (Å²) < 4.78 is 2.13. The highest BCUT2D eigenvalue weighted by Gasteiger charge is 2.18. The van der Waals surface area contributed by atoms with Gasteiger partial charge in [0.15, 0.2) is 0 Å². The number of aromatic nitrogens is 1. The Kier molecular flexibility index (Phi) is 5.50. The summed E-state index contributed by atoms with van der Waals surface area (Å²) in [5, 5.41) is 13.6. The van der Waals surface area contributed by atoms with Gasteiger partial charge in [0.25, 0.3) is 5.91 Å². The molecule has 4 nitrogen and oxygen atoms in total. The summed E-state index contributed by atoms with van der Waals surface area (Å²) in [6, 6.07) is 9.14. The van der Waals surface area contributed by atoms with E-state index >= 15 is 0 Å². The molecule has 0 bridgehead atoms. The molecule has 0 fully saturated rings. The molecule has 0 aliphatic carbocycles. The highest BCUT2D eigenvalue weighted by molar-refractivity contribution is 6.30. The van der Waals surface area contributed by atoms with Crippen LogP contribution in [-0.4, -0.2) is 22.1 Å². The Labute approximate surface area is 142 Å². The van der Waals surface area contributed by atoms with Crippen molar-refractivity contribution in [2.24, 2.45) is 0 Å². The lowest BCUT2D eigenvalue weighted by molar-refractivity contribution is 0.0915. The lowest BCUT2D eigenvalue weighted by Crippen LogP contribution is -2.28. The maximum atomic E-state index is 12.4. The Hall–Kier alpha value is -1.78. The summed E-state index contributed by atoms with van der Waals surface area (Å²) in [6.07, 6.45) is -0.759. The second-order valence-electron chi connectivity index (χ2n) is 6.03. The van der Waals surface area contributed by atoms with Crippen LogP contribution in [0.25, 0.3) is 0 Å². The number of hydrogen-bond acceptors (Lipinski definition) is 2. The Balaban J connectivity index is 2.05. The van der Waals surface area contributed by atoms with Crippen LogP contribution in [0.15, 0.2) is 30.3 Å². The van der Waals surface area contributed by atoms with Crippen LogP contribution in [0.1, 0.15) is 53.3 Å². The number of rotatable bonds is 5. The fraction of sp³-hybridized carbons (Fsp3) is 0.389. The number of aliphatic hydroxyl groups is 1. The van der Waals surface area contributed by atoms with Crippen molar-refractivity contribution in [3.8, 4) is 0 Å². The molecule has 1 aromatic carbocycles. The van der Waals surface area contributed by atoms with E-state index in [4.69, 9.17) is 11.6 Å². The van der Waals surface area contributed by atoms with Crippen molar-refractivity contribution in [2.45, 2.75) is 39.8 Å². The van der Waals surface area contributed by atoms with Gasteiger partial charge in [-0.15, -0.1) is 0 Å². The summed E-state index contributed by atoms with van der Waals surface area (Å²) in [5.41, 5.74) is 3.37. The van der Waals surface area contributed by atoms with Gasteiger partial charge in [-0.2, -0.15) is 0 Å². The number of carbonyl (C=O) groups is 1. The predicted octanol–water partition coefficient (Wildman–Crippen LogP) is 3.80. The van der Waals surface area contributed by atoms with Gasteiger partial charge in [-0.1, -0.05) is 23.7 Å². The van der Waals surface area contributed by atoms with Crippen LogP contribution in [0.4, 0.5) is 0 Å². The van der Waals surface area contributed by atoms with E-state index in [1.165, 1.54) is 0 Å². The molecule has 1 unspecified atom stereocenters. The van der Waals surface area contributed by atoms with Gasteiger partial charge in [0.05, 0.1) is 11.7 Å². The Morgan fingerprint density at radius 3 is 2.39 bits per heavy atom. The van der Waals surface area contributed by atoms with Gasteiger partial charge in [-0.3, -0.25) is 4.79 Å². The molecule has 1 aromatic heterocycles. The first-order chi connectivity index (χ1) is 10.8. The van der Waals surface area contributed by atoms with E-state index in [0.29, 0.717) is 16.6 Å². The number of carbonyl (C=O) groups excluding carboxylic acids is 1. The molecule has 0 aliphatic rings. The maximum Gasteiger partial charge on any atom is 0.253 e. The summed E-state index contributed by atoms with van der Waals surface area (Å²) >= 11 is 5.83. The van der Waals surface area contributed by atoms with E-state index in [2.05, 4.69) is 23.7 Å². The highest BCUT2D eigenvalue weighted by Crippen LogP contribution is 2.20. The number of hydrogen-bond donors (Lipinski definition) is 2. The van der Waals surface area contributed by atoms with Crippen LogP contribution in [-0.2, 0) is 0 Å². The summed E-state index contributed by atoms with van der Waals surface area (Å²) in [4.78, 5) is 12.4. The van der Waals surface area contributed by atoms with Gasteiger partial charge >= 0.3 is 0 Å². The average Bonchev–Trinajstić information content (AvgIpc) is 2.80. The van der Waals surface area contributed by atoms with Crippen LogP contribution in [0.5, 0.6) is 0 Å². The van der Waals surface area contributed by atoms with Crippen molar-refractivity contribution in [3.63, 3.8) is 0 Å². The zero-order valence-corrected chi connectivity index (χ0v) is 14.7. The Morgan fingerprint density at radius 2 is 1.87 bits per heavy atom. The lowest BCUT2D eigenvalue weighted by Gasteiger charge is -2.14. The molecule has 2 N–H and O–H groups in total. The van der Waals surface area contributed by atoms with Gasteiger partial charge in [0.2, 0.25) is 0 Å². The van der Waals surface area contributed by atoms with Gasteiger partial charge in [0.1, 0.15) is 0 Å². The lowest BCUT2D eigenvalue weighted by atomic mass is 10.1. The number of amides is 1. The van der Waals surface area contributed by atoms with Crippen molar-refractivity contribution in [1.82, 2.24) is 9.88 Å². The molecule has 124 valence electrons. The van der Waals surface area contributed by atoms with Crippen molar-refractivity contribution in [2.75, 3.05) is 6.54 Å². The molecule has 1 heterocycles. The fourth-order valence-corrected chi connectivity index (χ4v) is 3.01. The average molecular weight is 335 g/mol. The van der Waals surface area contributed by atoms with Crippen molar-refractivity contribution >= 4 is 17.5 Å². The SMILES string of the molecule is Cc1cc(C(=O)NCC(O)c2ccc(Cl)cc2)c(C)n1C(C)C. The zero-order valence-electron chi connectivity index (χ0n) is 13.9. The second-order valence-corrected chi connectivity index (χ2v) is 6.46. The largest absolute Gasteiger partial charge is 0.387 e. The van der Waals surface area contributed by atoms with E-state index in [1.54, 1.807) is 24.3 Å². The third-order valence-electron chi connectivity index (χ3n) is 3.96. The second kappa shape index (κ2) is 7.20. The van der Waals surface area contributed by atoms with E-state index < -0.39 is 6.10 Å². The molecule has 0 spiro atoms. The molecular formula is C18H23ClN2O2. The first-order valence-electron chi connectivity index (χ1n) is 7.71. The molecule has 0 saturated heterocycles. The van der Waals surface area contributed by atoms with Crippen LogP contribution in [0, 0.1) is 13.8 Å². The van der Waals surface area contributed by atoms with Crippen molar-refractivity contribution in [3.05, 3.63) is 57.9 Å². The van der Waals surface area contributed by atoms with Gasteiger partial charge in [-0.25, -0.2) is 0 Å². The minimum atomic E-state index is -0.759. The van der Waals surface area contributed by atoms with Crippen molar-refractivity contribution in [1.29, 1.82) is 0 Å². The normalized spacial score (nSPS) is 12.5. The fourth-order valence-electron chi connectivity index (χ4n) is 2.89. The maximum absolute atomic E-state index is 12.4. The monoisotopic (exact) mass is 334 g/mol. The van der Waals surface area contributed by atoms with E-state index in [0.717, 1.165) is 17.0 Å². The summed E-state index contributed by atoms with van der Waals surface area (Å²) in [6.45, 7) is 8.27. The Morgan fingerprint density at radius 1 is 1.26 bits per heavy atom. The van der Waals surface area contributed by atoms with Crippen LogP contribution in [0.3, 0.4) is 0 Å². The first kappa shape index (κ1) is 17.6. The number of aryl methyl sites for hydroxylation is 1. The van der Waals surface area contributed by atoms with E-state index in [-0.39, 0.29) is 12.5 Å². The molecule has 2 rings (SSSR count). The Bertz CT molecular complexity index is 690. The summed E-state index contributed by atoms with van der Waals surface area (Å²) in [7, 11) is 0. The minimum Gasteiger partial charge on any atom is -0.387 e. The molecule has 23 heavy (non-hydrogen) atoms. The van der Waals surface area contributed by atoms with Crippen LogP contribution in [0.2, 0.25) is 5.02 Å². The van der Waals surface area contributed by atoms with Crippen LogP contribution >= 0.6 is 11.6 Å². The van der Waals surface area contributed by atoms with E-state index in [9.17, 15) is 9.90 Å². The molecule has 0 radical (unpaired) electrons. The molecule has 1 atom stereocenters. The van der Waals surface area contributed by atoms with Gasteiger partial charge in [-0.05, 0) is 51.5 Å². The van der Waals surface area contributed by atoms with E-state index in [1.807, 2.05) is 19.9 Å². The minimum absolute atomic E-state index is 0.159. The smallest absolute Gasteiger partial charge is 0.253 e.